The first-order chi connectivity index (χ1) is 9.13. The van der Waals surface area contributed by atoms with Gasteiger partial charge in [0.1, 0.15) is 0 Å². The van der Waals surface area contributed by atoms with Crippen LogP contribution in [0.4, 0.5) is 4.79 Å². The highest BCUT2D eigenvalue weighted by Gasteiger charge is 2.30. The van der Waals surface area contributed by atoms with E-state index in [-0.39, 0.29) is 11.9 Å². The van der Waals surface area contributed by atoms with E-state index in [0.717, 1.165) is 10.9 Å². The third-order valence-corrected chi connectivity index (χ3v) is 3.34. The zero-order valence-corrected chi connectivity index (χ0v) is 10.2. The number of amides is 3. The van der Waals surface area contributed by atoms with Crippen LogP contribution >= 0.6 is 0 Å². The summed E-state index contributed by atoms with van der Waals surface area (Å²) in [5, 5.41) is 3.88. The number of primary amides is 1. The monoisotopic (exact) mass is 258 g/mol. The lowest BCUT2D eigenvalue weighted by Gasteiger charge is -2.38. The summed E-state index contributed by atoms with van der Waals surface area (Å²) >= 11 is 0. The molecular weight excluding hydrogens is 244 g/mol. The van der Waals surface area contributed by atoms with Crippen LogP contribution in [0.15, 0.2) is 30.5 Å². The van der Waals surface area contributed by atoms with Gasteiger partial charge in [0.2, 0.25) is 0 Å². The number of likely N-dealkylation sites (tertiary alicyclic amines) is 1. The molecule has 2 aromatic rings. The van der Waals surface area contributed by atoms with Crippen LogP contribution in [0.2, 0.25) is 0 Å². The number of benzene rings is 1. The van der Waals surface area contributed by atoms with Crippen LogP contribution in [0.1, 0.15) is 10.4 Å². The van der Waals surface area contributed by atoms with Crippen LogP contribution in [0.25, 0.3) is 10.9 Å². The maximum absolute atomic E-state index is 12.0. The molecule has 2 heterocycles. The lowest BCUT2D eigenvalue weighted by Crippen LogP contribution is -2.62. The largest absolute Gasteiger partial charge is 0.361 e. The number of carbonyl (C=O) groups excluding carboxylic acids is 2. The number of nitrogens with zero attached hydrogens (tertiary/aromatic N) is 1. The number of urea groups is 1. The van der Waals surface area contributed by atoms with Crippen LogP contribution in [-0.2, 0) is 0 Å². The maximum Gasteiger partial charge on any atom is 0.314 e. The second kappa shape index (κ2) is 4.31. The molecule has 0 bridgehead atoms. The summed E-state index contributed by atoms with van der Waals surface area (Å²) in [7, 11) is 0. The van der Waals surface area contributed by atoms with Crippen molar-refractivity contribution in [1.29, 1.82) is 0 Å². The Kier molecular flexibility index (Phi) is 2.63. The fourth-order valence-electron chi connectivity index (χ4n) is 2.21. The van der Waals surface area contributed by atoms with Crippen LogP contribution in [0, 0.1) is 0 Å². The van der Waals surface area contributed by atoms with E-state index in [9.17, 15) is 9.59 Å². The fraction of sp³-hybridized carbons (Fsp3) is 0.231. The van der Waals surface area contributed by atoms with Crippen molar-refractivity contribution in [2.24, 2.45) is 5.73 Å². The van der Waals surface area contributed by atoms with Crippen molar-refractivity contribution in [1.82, 2.24) is 15.2 Å². The van der Waals surface area contributed by atoms with E-state index in [0.29, 0.717) is 18.7 Å². The molecule has 3 amide bonds. The number of nitrogens with one attached hydrogen (secondary N) is 2. The standard InChI is InChI=1S/C13H14N4O2/c14-13(19)17-6-10(7-17)16-12(18)9-1-2-11-8(5-9)3-4-15-11/h1-5,10,15H,6-7H2,(H2,14,19)(H,16,18). The van der Waals surface area contributed by atoms with Gasteiger partial charge in [-0.05, 0) is 24.3 Å². The first kappa shape index (κ1) is 11.6. The van der Waals surface area contributed by atoms with Gasteiger partial charge in [-0.2, -0.15) is 0 Å². The Morgan fingerprint density at radius 1 is 1.32 bits per heavy atom. The summed E-state index contributed by atoms with van der Waals surface area (Å²) in [6.07, 6.45) is 1.84. The van der Waals surface area contributed by atoms with Crippen LogP contribution in [-0.4, -0.2) is 41.0 Å². The first-order valence-corrected chi connectivity index (χ1v) is 6.06. The molecule has 3 rings (SSSR count). The van der Waals surface area contributed by atoms with Crippen LogP contribution < -0.4 is 11.1 Å². The Morgan fingerprint density at radius 3 is 2.84 bits per heavy atom. The maximum atomic E-state index is 12.0. The molecule has 19 heavy (non-hydrogen) atoms. The van der Waals surface area contributed by atoms with Crippen molar-refractivity contribution >= 4 is 22.8 Å². The molecule has 0 radical (unpaired) electrons. The molecule has 1 saturated heterocycles. The molecule has 1 aliphatic heterocycles. The van der Waals surface area contributed by atoms with Gasteiger partial charge in [-0.25, -0.2) is 4.79 Å². The van der Waals surface area contributed by atoms with E-state index < -0.39 is 6.03 Å². The Bertz CT molecular complexity index is 643. The number of aromatic amines is 1. The van der Waals surface area contributed by atoms with Gasteiger partial charge in [0.25, 0.3) is 5.91 Å². The van der Waals surface area contributed by atoms with Crippen LogP contribution in [0.5, 0.6) is 0 Å². The Labute approximate surface area is 109 Å². The molecule has 1 fully saturated rings. The van der Waals surface area contributed by atoms with Crippen molar-refractivity contribution in [3.05, 3.63) is 36.0 Å². The summed E-state index contributed by atoms with van der Waals surface area (Å²) in [5.74, 6) is -0.128. The molecule has 6 heteroatoms. The van der Waals surface area contributed by atoms with Crippen molar-refractivity contribution in [3.63, 3.8) is 0 Å². The van der Waals surface area contributed by atoms with Crippen molar-refractivity contribution in [3.8, 4) is 0 Å². The van der Waals surface area contributed by atoms with E-state index in [1.54, 1.807) is 6.07 Å². The summed E-state index contributed by atoms with van der Waals surface area (Å²) in [4.78, 5) is 27.4. The SMILES string of the molecule is NC(=O)N1CC(NC(=O)c2ccc3[nH]ccc3c2)C1. The number of hydrogen-bond acceptors (Lipinski definition) is 2. The van der Waals surface area contributed by atoms with Gasteiger partial charge in [-0.3, -0.25) is 4.79 Å². The smallest absolute Gasteiger partial charge is 0.314 e. The Morgan fingerprint density at radius 2 is 2.11 bits per heavy atom. The summed E-state index contributed by atoms with van der Waals surface area (Å²) in [5.41, 5.74) is 6.74. The fourth-order valence-corrected chi connectivity index (χ4v) is 2.21. The molecule has 0 spiro atoms. The molecule has 0 aliphatic carbocycles. The average molecular weight is 258 g/mol. The third-order valence-electron chi connectivity index (χ3n) is 3.34. The summed E-state index contributed by atoms with van der Waals surface area (Å²) in [6.45, 7) is 0.959. The highest BCUT2D eigenvalue weighted by atomic mass is 16.2. The van der Waals surface area contributed by atoms with Gasteiger partial charge in [-0.1, -0.05) is 0 Å². The van der Waals surface area contributed by atoms with E-state index in [1.165, 1.54) is 4.90 Å². The second-order valence-corrected chi connectivity index (χ2v) is 4.69. The first-order valence-electron chi connectivity index (χ1n) is 6.06. The second-order valence-electron chi connectivity index (χ2n) is 4.69. The molecule has 0 unspecified atom stereocenters. The molecule has 0 saturated carbocycles. The van der Waals surface area contributed by atoms with Crippen molar-refractivity contribution in [2.75, 3.05) is 13.1 Å². The lowest BCUT2D eigenvalue weighted by atomic mass is 10.1. The number of fused-ring (bicyclic) bond motifs is 1. The minimum Gasteiger partial charge on any atom is -0.361 e. The number of aromatic nitrogens is 1. The zero-order chi connectivity index (χ0) is 13.4. The number of hydrogen-bond donors (Lipinski definition) is 3. The predicted molar refractivity (Wildman–Crippen MR) is 70.7 cm³/mol. The highest BCUT2D eigenvalue weighted by Crippen LogP contribution is 2.15. The molecular formula is C13H14N4O2. The van der Waals surface area contributed by atoms with Crippen molar-refractivity contribution in [2.45, 2.75) is 6.04 Å². The molecule has 0 atom stereocenters. The number of carbonyl (C=O) groups is 2. The Hall–Kier alpha value is -2.50. The van der Waals surface area contributed by atoms with Gasteiger partial charge in [0.15, 0.2) is 0 Å². The normalized spacial score (nSPS) is 15.3. The molecule has 4 N–H and O–H groups in total. The van der Waals surface area contributed by atoms with Gasteiger partial charge in [0.05, 0.1) is 6.04 Å². The predicted octanol–water partition coefficient (Wildman–Crippen LogP) is 0.661. The summed E-state index contributed by atoms with van der Waals surface area (Å²) in [6, 6.07) is 6.95. The van der Waals surface area contributed by atoms with Crippen LogP contribution in [0.3, 0.4) is 0 Å². The average Bonchev–Trinajstić information content (AvgIpc) is 2.79. The topological polar surface area (TPSA) is 91.2 Å². The highest BCUT2D eigenvalue weighted by molar-refractivity contribution is 5.98. The lowest BCUT2D eigenvalue weighted by molar-refractivity contribution is 0.0861. The third kappa shape index (κ3) is 2.12. The van der Waals surface area contributed by atoms with Gasteiger partial charge in [-0.15, -0.1) is 0 Å². The van der Waals surface area contributed by atoms with Crippen molar-refractivity contribution < 1.29 is 9.59 Å². The number of rotatable bonds is 2. The Balaban J connectivity index is 1.66. The quantitative estimate of drug-likeness (QED) is 0.738. The zero-order valence-electron chi connectivity index (χ0n) is 10.2. The van der Waals surface area contributed by atoms with E-state index in [4.69, 9.17) is 5.73 Å². The van der Waals surface area contributed by atoms with E-state index in [1.807, 2.05) is 24.4 Å². The van der Waals surface area contributed by atoms with E-state index in [2.05, 4.69) is 10.3 Å². The number of nitrogens with two attached hydrogens (primary N) is 1. The van der Waals surface area contributed by atoms with Gasteiger partial charge < -0.3 is 20.9 Å². The van der Waals surface area contributed by atoms with E-state index >= 15 is 0 Å². The molecule has 98 valence electrons. The minimum absolute atomic E-state index is 0.0121. The van der Waals surface area contributed by atoms with Gasteiger partial charge in [0, 0.05) is 35.8 Å². The number of H-pyrrole nitrogens is 1. The van der Waals surface area contributed by atoms with Gasteiger partial charge >= 0.3 is 6.03 Å². The summed E-state index contributed by atoms with van der Waals surface area (Å²) < 4.78 is 0. The molecule has 1 aromatic heterocycles. The molecule has 1 aromatic carbocycles. The molecule has 1 aliphatic rings. The molecule has 6 nitrogen and oxygen atoms in total. The minimum atomic E-state index is -0.445.